The van der Waals surface area contributed by atoms with Crippen LogP contribution in [0.2, 0.25) is 0 Å². The summed E-state index contributed by atoms with van der Waals surface area (Å²) in [4.78, 5) is 26.9. The molecule has 5 heteroatoms. The number of benzene rings is 1. The van der Waals surface area contributed by atoms with Crippen molar-refractivity contribution in [2.45, 2.75) is 31.8 Å². The van der Waals surface area contributed by atoms with Crippen LogP contribution in [0.1, 0.15) is 25.8 Å². The maximum absolute atomic E-state index is 12.9. The van der Waals surface area contributed by atoms with Gasteiger partial charge < -0.3 is 10.2 Å². The van der Waals surface area contributed by atoms with Gasteiger partial charge in [0.05, 0.1) is 6.54 Å². The Morgan fingerprint density at radius 1 is 1.38 bits per heavy atom. The maximum atomic E-state index is 12.9. The normalized spacial score (nSPS) is 25.7. The largest absolute Gasteiger partial charge is 0.336 e. The fraction of sp³-hybridized carbons (Fsp3) is 0.375. The molecule has 1 aliphatic rings. The standard InChI is InChI=1S/C16H19BrN2O2/c1-4-13-14(20)18-16(3,12-8-6-5-7-9-12)15(21)19(13)10-11(2)17/h5-9,13H,2,4,10H2,1,3H3,(H,18,20). The zero-order valence-electron chi connectivity index (χ0n) is 12.2. The molecule has 2 amide bonds. The van der Waals surface area contributed by atoms with Crippen molar-refractivity contribution in [3.63, 3.8) is 0 Å². The van der Waals surface area contributed by atoms with Crippen LogP contribution in [0.4, 0.5) is 0 Å². The Morgan fingerprint density at radius 3 is 2.52 bits per heavy atom. The van der Waals surface area contributed by atoms with E-state index in [9.17, 15) is 9.59 Å². The minimum atomic E-state index is -1.04. The van der Waals surface area contributed by atoms with E-state index in [4.69, 9.17) is 0 Å². The molecular weight excluding hydrogens is 332 g/mol. The van der Waals surface area contributed by atoms with Gasteiger partial charge >= 0.3 is 0 Å². The number of amides is 2. The molecule has 0 spiro atoms. The minimum Gasteiger partial charge on any atom is -0.336 e. The van der Waals surface area contributed by atoms with Crippen molar-refractivity contribution in [2.75, 3.05) is 6.54 Å². The summed E-state index contributed by atoms with van der Waals surface area (Å²) in [5, 5.41) is 2.89. The summed E-state index contributed by atoms with van der Waals surface area (Å²) in [6.07, 6.45) is 0.572. The van der Waals surface area contributed by atoms with E-state index in [1.807, 2.05) is 37.3 Å². The number of halogens is 1. The van der Waals surface area contributed by atoms with Gasteiger partial charge in [-0.05, 0) is 18.9 Å². The number of piperazine rings is 1. The van der Waals surface area contributed by atoms with E-state index in [1.54, 1.807) is 11.8 Å². The fourth-order valence-corrected chi connectivity index (χ4v) is 2.96. The molecule has 2 unspecified atom stereocenters. The molecule has 1 N–H and O–H groups in total. The van der Waals surface area contributed by atoms with Gasteiger partial charge in [-0.25, -0.2) is 0 Å². The van der Waals surface area contributed by atoms with Crippen LogP contribution in [0.15, 0.2) is 41.4 Å². The average molecular weight is 351 g/mol. The Hall–Kier alpha value is -1.62. The molecule has 4 nitrogen and oxygen atoms in total. The third-order valence-corrected chi connectivity index (χ3v) is 4.07. The number of hydrogen-bond acceptors (Lipinski definition) is 2. The van der Waals surface area contributed by atoms with Crippen molar-refractivity contribution in [2.24, 2.45) is 0 Å². The van der Waals surface area contributed by atoms with Gasteiger partial charge in [-0.1, -0.05) is 59.8 Å². The Kier molecular flexibility index (Phi) is 4.52. The van der Waals surface area contributed by atoms with Crippen molar-refractivity contribution in [3.8, 4) is 0 Å². The van der Waals surface area contributed by atoms with Gasteiger partial charge in [0.2, 0.25) is 5.91 Å². The van der Waals surface area contributed by atoms with Crippen molar-refractivity contribution in [1.29, 1.82) is 0 Å². The Morgan fingerprint density at radius 2 is 2.00 bits per heavy atom. The second kappa shape index (κ2) is 6.02. The number of nitrogens with one attached hydrogen (secondary N) is 1. The number of rotatable bonds is 4. The molecule has 2 rings (SSSR count). The van der Waals surface area contributed by atoms with E-state index >= 15 is 0 Å². The SMILES string of the molecule is C=C(Br)CN1C(=O)C(C)(c2ccccc2)NC(=O)C1CC. The minimum absolute atomic E-state index is 0.110. The lowest BCUT2D eigenvalue weighted by Gasteiger charge is -2.44. The van der Waals surface area contributed by atoms with Crippen molar-refractivity contribution >= 4 is 27.7 Å². The van der Waals surface area contributed by atoms with Crippen LogP contribution in [-0.2, 0) is 15.1 Å². The molecule has 1 aromatic rings. The molecule has 1 aliphatic heterocycles. The lowest BCUT2D eigenvalue weighted by Crippen LogP contribution is -2.67. The summed E-state index contributed by atoms with van der Waals surface area (Å²) in [6.45, 7) is 7.76. The topological polar surface area (TPSA) is 49.4 Å². The van der Waals surface area contributed by atoms with Crippen molar-refractivity contribution < 1.29 is 9.59 Å². The highest BCUT2D eigenvalue weighted by Crippen LogP contribution is 2.30. The van der Waals surface area contributed by atoms with Gasteiger partial charge in [0, 0.05) is 4.48 Å². The first-order chi connectivity index (χ1) is 9.90. The smallest absolute Gasteiger partial charge is 0.253 e. The Labute approximate surface area is 133 Å². The first-order valence-corrected chi connectivity index (χ1v) is 7.71. The highest BCUT2D eigenvalue weighted by Gasteiger charge is 2.48. The van der Waals surface area contributed by atoms with Gasteiger partial charge in [-0.15, -0.1) is 0 Å². The van der Waals surface area contributed by atoms with Gasteiger partial charge in [0.1, 0.15) is 11.6 Å². The molecular formula is C16H19BrN2O2. The van der Waals surface area contributed by atoms with Crippen molar-refractivity contribution in [3.05, 3.63) is 47.0 Å². The summed E-state index contributed by atoms with van der Waals surface area (Å²) >= 11 is 3.29. The van der Waals surface area contributed by atoms with Crippen LogP contribution in [-0.4, -0.2) is 29.3 Å². The molecule has 1 heterocycles. The molecule has 1 fully saturated rings. The summed E-state index contributed by atoms with van der Waals surface area (Å²) in [5.74, 6) is -0.238. The molecule has 0 bridgehead atoms. The zero-order chi connectivity index (χ0) is 15.6. The lowest BCUT2D eigenvalue weighted by molar-refractivity contribution is -0.154. The predicted octanol–water partition coefficient (Wildman–Crippen LogP) is 2.55. The zero-order valence-corrected chi connectivity index (χ0v) is 13.8. The van der Waals surface area contributed by atoms with Crippen LogP contribution in [0, 0.1) is 0 Å². The number of hydrogen-bond donors (Lipinski definition) is 1. The van der Waals surface area contributed by atoms with E-state index < -0.39 is 11.6 Å². The highest BCUT2D eigenvalue weighted by atomic mass is 79.9. The summed E-state index contributed by atoms with van der Waals surface area (Å²) in [5.41, 5.74) is -0.255. The molecule has 2 atom stereocenters. The average Bonchev–Trinajstić information content (AvgIpc) is 2.45. The number of carbonyl (C=O) groups excluding carboxylic acids is 2. The van der Waals surface area contributed by atoms with E-state index in [2.05, 4.69) is 27.8 Å². The van der Waals surface area contributed by atoms with Crippen LogP contribution in [0.3, 0.4) is 0 Å². The van der Waals surface area contributed by atoms with E-state index in [0.717, 1.165) is 5.56 Å². The lowest BCUT2D eigenvalue weighted by atomic mass is 9.86. The third-order valence-electron chi connectivity index (χ3n) is 3.82. The number of carbonyl (C=O) groups is 2. The molecule has 0 aromatic heterocycles. The second-order valence-electron chi connectivity index (χ2n) is 5.35. The Balaban J connectivity index is 2.44. The molecule has 1 saturated heterocycles. The highest BCUT2D eigenvalue weighted by molar-refractivity contribution is 9.11. The summed E-state index contributed by atoms with van der Waals surface area (Å²) < 4.78 is 0.680. The van der Waals surface area contributed by atoms with E-state index in [0.29, 0.717) is 17.4 Å². The predicted molar refractivity (Wildman–Crippen MR) is 85.8 cm³/mol. The monoisotopic (exact) mass is 350 g/mol. The molecule has 0 aliphatic carbocycles. The van der Waals surface area contributed by atoms with Gasteiger partial charge in [0.25, 0.3) is 5.91 Å². The molecule has 1 aromatic carbocycles. The quantitative estimate of drug-likeness (QED) is 0.906. The summed E-state index contributed by atoms with van der Waals surface area (Å²) in [6, 6.07) is 8.86. The maximum Gasteiger partial charge on any atom is 0.253 e. The molecule has 0 radical (unpaired) electrons. The first kappa shape index (κ1) is 15.8. The van der Waals surface area contributed by atoms with E-state index in [1.165, 1.54) is 0 Å². The molecule has 112 valence electrons. The molecule has 21 heavy (non-hydrogen) atoms. The summed E-state index contributed by atoms with van der Waals surface area (Å²) in [7, 11) is 0. The van der Waals surface area contributed by atoms with Crippen LogP contribution in [0.25, 0.3) is 0 Å². The third kappa shape index (κ3) is 2.88. The van der Waals surface area contributed by atoms with Crippen molar-refractivity contribution in [1.82, 2.24) is 10.2 Å². The second-order valence-corrected chi connectivity index (χ2v) is 6.48. The number of nitrogens with zero attached hydrogens (tertiary/aromatic N) is 1. The van der Waals surface area contributed by atoms with Crippen LogP contribution < -0.4 is 5.32 Å². The fourth-order valence-electron chi connectivity index (χ4n) is 2.69. The van der Waals surface area contributed by atoms with Gasteiger partial charge in [-0.3, -0.25) is 9.59 Å². The van der Waals surface area contributed by atoms with E-state index in [-0.39, 0.29) is 11.8 Å². The van der Waals surface area contributed by atoms with Gasteiger partial charge in [0.15, 0.2) is 0 Å². The van der Waals surface area contributed by atoms with Gasteiger partial charge in [-0.2, -0.15) is 0 Å². The van der Waals surface area contributed by atoms with Crippen LogP contribution >= 0.6 is 15.9 Å². The molecule has 0 saturated carbocycles. The van der Waals surface area contributed by atoms with Crippen LogP contribution in [0.5, 0.6) is 0 Å². The Bertz CT molecular complexity index is 573. The first-order valence-electron chi connectivity index (χ1n) is 6.92.